The van der Waals surface area contributed by atoms with Gasteiger partial charge in [0.25, 0.3) is 0 Å². The fraction of sp³-hybridized carbons (Fsp3) is 0.571. The van der Waals surface area contributed by atoms with E-state index in [1.54, 1.807) is 17.3 Å². The quantitative estimate of drug-likeness (QED) is 0.681. The normalized spacial score (nSPS) is 33.2. The number of aliphatic imine (C=N–C) groups is 1. The average Bonchev–Trinajstić information content (AvgIpc) is 2.48. The molecule has 0 amide bonds. The van der Waals surface area contributed by atoms with Gasteiger partial charge < -0.3 is 5.73 Å². The highest BCUT2D eigenvalue weighted by Gasteiger charge is 2.36. The number of nitrogens with two attached hydrogens (primary N) is 1. The van der Waals surface area contributed by atoms with Gasteiger partial charge in [0.15, 0.2) is 12.2 Å². The summed E-state index contributed by atoms with van der Waals surface area (Å²) in [6.45, 7) is 1.84. The first-order chi connectivity index (χ1) is 6.20. The number of dihydropyridines is 1. The molecule has 3 unspecified atom stereocenters. The predicted molar refractivity (Wildman–Crippen MR) is 50.3 cm³/mol. The molecular weight excluding hydrogens is 190 g/mol. The molecule has 0 aromatic carbocycles. The molecule has 0 saturated carbocycles. The van der Waals surface area contributed by atoms with Crippen LogP contribution < -0.4 is 5.73 Å². The van der Waals surface area contributed by atoms with Crippen molar-refractivity contribution in [1.29, 1.82) is 0 Å². The van der Waals surface area contributed by atoms with Crippen molar-refractivity contribution in [3.8, 4) is 0 Å². The second-order valence-corrected chi connectivity index (χ2v) is 3.47. The third kappa shape index (κ3) is 1.34. The van der Waals surface area contributed by atoms with E-state index in [-0.39, 0.29) is 18.4 Å². The highest BCUT2D eigenvalue weighted by molar-refractivity contribution is 6.31. The van der Waals surface area contributed by atoms with Gasteiger partial charge in [-0.05, 0) is 13.0 Å². The molecule has 13 heavy (non-hydrogen) atoms. The molecule has 0 aliphatic carbocycles. The van der Waals surface area contributed by atoms with Crippen LogP contribution in [0.5, 0.6) is 0 Å². The van der Waals surface area contributed by atoms with E-state index in [2.05, 4.69) is 15.3 Å². The number of rotatable bonds is 1. The van der Waals surface area contributed by atoms with Gasteiger partial charge in [0.2, 0.25) is 0 Å². The van der Waals surface area contributed by atoms with Crippen LogP contribution in [0.3, 0.4) is 0 Å². The van der Waals surface area contributed by atoms with E-state index >= 15 is 0 Å². The van der Waals surface area contributed by atoms with Crippen molar-refractivity contribution < 1.29 is 0 Å². The molecule has 2 aliphatic heterocycles. The van der Waals surface area contributed by atoms with Crippen LogP contribution in [0.4, 0.5) is 0 Å². The van der Waals surface area contributed by atoms with Crippen molar-refractivity contribution in [2.45, 2.75) is 25.3 Å². The Balaban J connectivity index is 2.23. The van der Waals surface area contributed by atoms with E-state index in [9.17, 15) is 0 Å². The summed E-state index contributed by atoms with van der Waals surface area (Å²) in [4.78, 5) is 4.22. The van der Waals surface area contributed by atoms with Crippen molar-refractivity contribution in [2.24, 2.45) is 21.1 Å². The SMILES string of the molecule is CC(N)N1N=NC2C(Cl)=CC=NC21. The van der Waals surface area contributed by atoms with Crippen LogP contribution in [0.25, 0.3) is 0 Å². The molecule has 2 rings (SSSR count). The maximum atomic E-state index is 5.94. The van der Waals surface area contributed by atoms with E-state index in [1.807, 2.05) is 6.92 Å². The van der Waals surface area contributed by atoms with Crippen molar-refractivity contribution in [3.63, 3.8) is 0 Å². The zero-order valence-electron chi connectivity index (χ0n) is 7.13. The average molecular weight is 200 g/mol. The smallest absolute Gasteiger partial charge is 0.169 e. The summed E-state index contributed by atoms with van der Waals surface area (Å²) < 4.78 is 0. The van der Waals surface area contributed by atoms with E-state index in [4.69, 9.17) is 17.3 Å². The summed E-state index contributed by atoms with van der Waals surface area (Å²) in [6.07, 6.45) is 3.04. The summed E-state index contributed by atoms with van der Waals surface area (Å²) in [5, 5.41) is 10.2. The van der Waals surface area contributed by atoms with Crippen LogP contribution in [0.1, 0.15) is 6.92 Å². The molecule has 0 radical (unpaired) electrons. The fourth-order valence-electron chi connectivity index (χ4n) is 1.34. The van der Waals surface area contributed by atoms with Gasteiger partial charge in [0.05, 0.1) is 11.2 Å². The van der Waals surface area contributed by atoms with Crippen LogP contribution in [-0.4, -0.2) is 29.6 Å². The van der Waals surface area contributed by atoms with Gasteiger partial charge in [-0.3, -0.25) is 4.99 Å². The zero-order chi connectivity index (χ0) is 9.42. The Morgan fingerprint density at radius 2 is 2.46 bits per heavy atom. The van der Waals surface area contributed by atoms with E-state index in [1.165, 1.54) is 0 Å². The van der Waals surface area contributed by atoms with Crippen molar-refractivity contribution in [2.75, 3.05) is 0 Å². The summed E-state index contributed by atoms with van der Waals surface area (Å²) in [5.74, 6) is 0. The molecule has 0 fully saturated rings. The lowest BCUT2D eigenvalue weighted by molar-refractivity contribution is 0.176. The maximum absolute atomic E-state index is 5.94. The molecule has 2 heterocycles. The molecule has 0 saturated heterocycles. The van der Waals surface area contributed by atoms with Crippen LogP contribution >= 0.6 is 11.6 Å². The van der Waals surface area contributed by atoms with Gasteiger partial charge in [-0.15, -0.1) is 0 Å². The first-order valence-corrected chi connectivity index (χ1v) is 4.41. The minimum Gasteiger partial charge on any atom is -0.310 e. The molecule has 2 aliphatic rings. The van der Waals surface area contributed by atoms with Gasteiger partial charge in [-0.2, -0.15) is 5.11 Å². The number of fused-ring (bicyclic) bond motifs is 1. The molecule has 0 bridgehead atoms. The Morgan fingerprint density at radius 3 is 3.15 bits per heavy atom. The van der Waals surface area contributed by atoms with Crippen molar-refractivity contribution >= 4 is 17.8 Å². The summed E-state index contributed by atoms with van der Waals surface area (Å²) >= 11 is 5.94. The maximum Gasteiger partial charge on any atom is 0.169 e. The van der Waals surface area contributed by atoms with Gasteiger partial charge in [0.1, 0.15) is 0 Å². The minimum absolute atomic E-state index is 0.155. The van der Waals surface area contributed by atoms with Gasteiger partial charge in [-0.25, -0.2) is 5.01 Å². The molecule has 70 valence electrons. The molecule has 0 aromatic rings. The fourth-order valence-corrected chi connectivity index (χ4v) is 1.56. The lowest BCUT2D eigenvalue weighted by Crippen LogP contribution is -2.44. The number of allylic oxidation sites excluding steroid dienone is 1. The number of hydrogen-bond acceptors (Lipinski definition) is 5. The summed E-state index contributed by atoms with van der Waals surface area (Å²) in [7, 11) is 0. The highest BCUT2D eigenvalue weighted by atomic mass is 35.5. The molecule has 6 heteroatoms. The van der Waals surface area contributed by atoms with Crippen molar-refractivity contribution in [3.05, 3.63) is 11.1 Å². The molecule has 0 spiro atoms. The molecule has 0 aromatic heterocycles. The summed E-state index contributed by atoms with van der Waals surface area (Å²) in [6, 6.07) is -0.169. The van der Waals surface area contributed by atoms with Gasteiger partial charge in [-0.1, -0.05) is 16.8 Å². The first kappa shape index (κ1) is 8.65. The third-order valence-corrected chi connectivity index (χ3v) is 2.35. The monoisotopic (exact) mass is 199 g/mol. The zero-order valence-corrected chi connectivity index (χ0v) is 7.89. The largest absolute Gasteiger partial charge is 0.310 e. The lowest BCUT2D eigenvalue weighted by Gasteiger charge is -2.26. The Kier molecular flexibility index (Phi) is 2.05. The second kappa shape index (κ2) is 3.08. The van der Waals surface area contributed by atoms with Crippen molar-refractivity contribution in [1.82, 2.24) is 5.01 Å². The third-order valence-electron chi connectivity index (χ3n) is 2.01. The Hall–Kier alpha value is -0.940. The number of hydrogen-bond donors (Lipinski definition) is 1. The molecule has 3 atom stereocenters. The molecular formula is C7H10ClN5. The van der Waals surface area contributed by atoms with Crippen LogP contribution in [-0.2, 0) is 0 Å². The Labute approximate surface area is 80.9 Å². The van der Waals surface area contributed by atoms with E-state index in [0.29, 0.717) is 5.03 Å². The van der Waals surface area contributed by atoms with Gasteiger partial charge >= 0.3 is 0 Å². The van der Waals surface area contributed by atoms with E-state index in [0.717, 1.165) is 0 Å². The first-order valence-electron chi connectivity index (χ1n) is 4.03. The second-order valence-electron chi connectivity index (χ2n) is 3.03. The Bertz CT molecular complexity index is 295. The Morgan fingerprint density at radius 1 is 1.69 bits per heavy atom. The standard InChI is InChI=1S/C7H10ClN5/c1-4(9)13-7-6(11-12-13)5(8)2-3-10-7/h2-4,6-7H,9H2,1H3. The van der Waals surface area contributed by atoms with E-state index < -0.39 is 0 Å². The van der Waals surface area contributed by atoms with Gasteiger partial charge in [0, 0.05) is 6.21 Å². The topological polar surface area (TPSA) is 66.3 Å². The van der Waals surface area contributed by atoms with Crippen LogP contribution in [0.2, 0.25) is 0 Å². The van der Waals surface area contributed by atoms with Crippen LogP contribution in [0.15, 0.2) is 26.4 Å². The molecule has 5 nitrogen and oxygen atoms in total. The lowest BCUT2D eigenvalue weighted by atomic mass is 10.2. The highest BCUT2D eigenvalue weighted by Crippen LogP contribution is 2.29. The number of nitrogens with zero attached hydrogens (tertiary/aromatic N) is 4. The minimum atomic E-state index is -0.196. The molecule has 2 N–H and O–H groups in total. The number of halogens is 1. The summed E-state index contributed by atoms with van der Waals surface area (Å²) in [5.41, 5.74) is 5.69. The van der Waals surface area contributed by atoms with Crippen LogP contribution in [0, 0.1) is 0 Å². The predicted octanol–water partition coefficient (Wildman–Crippen LogP) is 0.876.